The number of H-pyrrole nitrogens is 1. The van der Waals surface area contributed by atoms with Crippen molar-refractivity contribution in [3.63, 3.8) is 0 Å². The van der Waals surface area contributed by atoms with Crippen LogP contribution in [0.5, 0.6) is 0 Å². The maximum absolute atomic E-state index is 12.1. The van der Waals surface area contributed by atoms with Gasteiger partial charge in [-0.15, -0.1) is 0 Å². The third kappa shape index (κ3) is 4.56. The predicted molar refractivity (Wildman–Crippen MR) is 89.2 cm³/mol. The Morgan fingerprint density at radius 2 is 1.88 bits per heavy atom. The Kier molecular flexibility index (Phi) is 5.58. The van der Waals surface area contributed by atoms with E-state index >= 15 is 0 Å². The van der Waals surface area contributed by atoms with E-state index < -0.39 is 6.04 Å². The van der Waals surface area contributed by atoms with Crippen LogP contribution in [0.1, 0.15) is 52.1 Å². The van der Waals surface area contributed by atoms with Crippen molar-refractivity contribution in [1.82, 2.24) is 20.8 Å². The fraction of sp³-hybridized carbons (Fsp3) is 0.625. The molecule has 1 aliphatic rings. The van der Waals surface area contributed by atoms with Crippen LogP contribution in [0.25, 0.3) is 0 Å². The van der Waals surface area contributed by atoms with Crippen molar-refractivity contribution in [3.05, 3.63) is 11.8 Å². The molecule has 1 aliphatic carbocycles. The number of carbonyl (C=O) groups is 3. The van der Waals surface area contributed by atoms with Crippen LogP contribution in [0, 0.1) is 5.92 Å². The van der Waals surface area contributed by atoms with Crippen LogP contribution in [0.15, 0.2) is 6.07 Å². The molecule has 1 aromatic rings. The minimum atomic E-state index is -0.625. The van der Waals surface area contributed by atoms with Crippen molar-refractivity contribution in [3.8, 4) is 0 Å². The fourth-order valence-corrected chi connectivity index (χ4v) is 2.56. The lowest BCUT2D eigenvalue weighted by Crippen LogP contribution is -2.43. The molecule has 0 aliphatic heterocycles. The number of nitrogens with one attached hydrogen (secondary N) is 4. The molecular weight excluding hydrogens is 310 g/mol. The minimum absolute atomic E-state index is 0.0223. The first kappa shape index (κ1) is 18.0. The van der Waals surface area contributed by atoms with Crippen LogP contribution in [0.2, 0.25) is 0 Å². The number of aromatic nitrogens is 2. The van der Waals surface area contributed by atoms with E-state index in [2.05, 4.69) is 26.1 Å². The van der Waals surface area contributed by atoms with E-state index in [1.54, 1.807) is 26.8 Å². The van der Waals surface area contributed by atoms with Gasteiger partial charge in [0.25, 0.3) is 0 Å². The standard InChI is InChI=1S/C16H25N5O3/c1-8(2)15(23)17-9(3)16(24)19-14-7-13(20-21-14)11-5-12(6-11)18-10(4)22/h7-9,11-12H,5-6H2,1-4H3,(H,17,23)(H,18,22)(H2,19,20,21,24)/t9-,11-,12+/m1/s1. The molecule has 0 bridgehead atoms. The normalized spacial score (nSPS) is 20.9. The average molecular weight is 335 g/mol. The fourth-order valence-electron chi connectivity index (χ4n) is 2.56. The maximum Gasteiger partial charge on any atom is 0.247 e. The van der Waals surface area contributed by atoms with Gasteiger partial charge in [0, 0.05) is 30.9 Å². The van der Waals surface area contributed by atoms with Crippen LogP contribution in [0.4, 0.5) is 5.82 Å². The van der Waals surface area contributed by atoms with Crippen LogP contribution in [0.3, 0.4) is 0 Å². The zero-order valence-corrected chi connectivity index (χ0v) is 14.5. The molecule has 0 aromatic carbocycles. The number of aromatic amines is 1. The van der Waals surface area contributed by atoms with Gasteiger partial charge in [-0.25, -0.2) is 0 Å². The van der Waals surface area contributed by atoms with Crippen LogP contribution < -0.4 is 16.0 Å². The Labute approximate surface area is 141 Å². The van der Waals surface area contributed by atoms with Crippen LogP contribution >= 0.6 is 0 Å². The maximum atomic E-state index is 12.1. The lowest BCUT2D eigenvalue weighted by molar-refractivity contribution is -0.128. The number of anilines is 1. The highest BCUT2D eigenvalue weighted by molar-refractivity contribution is 5.96. The number of carbonyl (C=O) groups excluding carboxylic acids is 3. The summed E-state index contributed by atoms with van der Waals surface area (Å²) in [6, 6.07) is 1.37. The molecule has 0 saturated heterocycles. The summed E-state index contributed by atoms with van der Waals surface area (Å²) >= 11 is 0. The molecule has 3 amide bonds. The van der Waals surface area contributed by atoms with E-state index in [-0.39, 0.29) is 35.6 Å². The van der Waals surface area contributed by atoms with Crippen molar-refractivity contribution in [2.24, 2.45) is 5.92 Å². The summed E-state index contributed by atoms with van der Waals surface area (Å²) < 4.78 is 0. The second-order valence-electron chi connectivity index (χ2n) is 6.65. The summed E-state index contributed by atoms with van der Waals surface area (Å²) in [4.78, 5) is 34.7. The predicted octanol–water partition coefficient (Wildman–Crippen LogP) is 0.891. The van der Waals surface area contributed by atoms with Gasteiger partial charge in [0.1, 0.15) is 11.9 Å². The molecule has 1 fully saturated rings. The Hall–Kier alpha value is -2.38. The van der Waals surface area contributed by atoms with Gasteiger partial charge in [-0.2, -0.15) is 5.10 Å². The first-order chi connectivity index (χ1) is 11.3. The monoisotopic (exact) mass is 335 g/mol. The van der Waals surface area contributed by atoms with Gasteiger partial charge in [0.2, 0.25) is 17.7 Å². The van der Waals surface area contributed by atoms with Crippen molar-refractivity contribution < 1.29 is 14.4 Å². The second kappa shape index (κ2) is 7.46. The van der Waals surface area contributed by atoms with Gasteiger partial charge in [-0.05, 0) is 19.8 Å². The Morgan fingerprint density at radius 3 is 2.46 bits per heavy atom. The molecule has 132 valence electrons. The molecule has 4 N–H and O–H groups in total. The van der Waals surface area contributed by atoms with Gasteiger partial charge in [-0.1, -0.05) is 13.8 Å². The molecule has 0 unspecified atom stereocenters. The molecule has 0 radical (unpaired) electrons. The highest BCUT2D eigenvalue weighted by Gasteiger charge is 2.32. The van der Waals surface area contributed by atoms with Gasteiger partial charge in [0.15, 0.2) is 0 Å². The summed E-state index contributed by atoms with van der Waals surface area (Å²) in [5, 5.41) is 15.2. The number of nitrogens with zero attached hydrogens (tertiary/aromatic N) is 1. The third-order valence-electron chi connectivity index (χ3n) is 4.10. The summed E-state index contributed by atoms with van der Waals surface area (Å²) in [6.45, 7) is 6.69. The zero-order valence-electron chi connectivity index (χ0n) is 14.5. The van der Waals surface area contributed by atoms with Gasteiger partial charge in [0.05, 0.1) is 5.69 Å². The Bertz CT molecular complexity index is 619. The molecule has 1 aromatic heterocycles. The van der Waals surface area contributed by atoms with E-state index in [0.29, 0.717) is 5.82 Å². The van der Waals surface area contributed by atoms with E-state index in [1.165, 1.54) is 6.92 Å². The highest BCUT2D eigenvalue weighted by atomic mass is 16.2. The number of amides is 3. The summed E-state index contributed by atoms with van der Waals surface area (Å²) in [5.74, 6) is 0.121. The lowest BCUT2D eigenvalue weighted by Gasteiger charge is -2.34. The van der Waals surface area contributed by atoms with Gasteiger partial charge in [-0.3, -0.25) is 19.5 Å². The van der Waals surface area contributed by atoms with Crippen molar-refractivity contribution in [2.45, 2.75) is 58.5 Å². The average Bonchev–Trinajstić information content (AvgIpc) is 2.89. The summed E-state index contributed by atoms with van der Waals surface area (Å²) in [6.07, 6.45) is 1.69. The van der Waals surface area contributed by atoms with Crippen LogP contribution in [-0.4, -0.2) is 40.0 Å². The second-order valence-corrected chi connectivity index (χ2v) is 6.65. The van der Waals surface area contributed by atoms with E-state index in [4.69, 9.17) is 0 Å². The number of hydrogen-bond donors (Lipinski definition) is 4. The molecule has 24 heavy (non-hydrogen) atoms. The Morgan fingerprint density at radius 1 is 1.21 bits per heavy atom. The van der Waals surface area contributed by atoms with E-state index in [0.717, 1.165) is 18.5 Å². The van der Waals surface area contributed by atoms with Crippen molar-refractivity contribution in [2.75, 3.05) is 5.32 Å². The highest BCUT2D eigenvalue weighted by Crippen LogP contribution is 2.36. The lowest BCUT2D eigenvalue weighted by atomic mass is 9.78. The quantitative estimate of drug-likeness (QED) is 0.618. The smallest absolute Gasteiger partial charge is 0.247 e. The van der Waals surface area contributed by atoms with Crippen LogP contribution in [-0.2, 0) is 14.4 Å². The summed E-state index contributed by atoms with van der Waals surface area (Å²) in [5.41, 5.74) is 0.866. The summed E-state index contributed by atoms with van der Waals surface area (Å²) in [7, 11) is 0. The SMILES string of the molecule is CC(=O)N[C@H]1C[C@@H](c2cc(NC(=O)[C@@H](C)NC(=O)C(C)C)[nH]n2)C1. The molecule has 1 heterocycles. The van der Waals surface area contributed by atoms with Crippen molar-refractivity contribution >= 4 is 23.5 Å². The molecule has 1 atom stereocenters. The molecule has 8 nitrogen and oxygen atoms in total. The first-order valence-corrected chi connectivity index (χ1v) is 8.20. The van der Waals surface area contributed by atoms with Gasteiger partial charge < -0.3 is 16.0 Å². The number of hydrogen-bond acceptors (Lipinski definition) is 4. The zero-order chi connectivity index (χ0) is 17.9. The molecular formula is C16H25N5O3. The van der Waals surface area contributed by atoms with E-state index in [1.807, 2.05) is 0 Å². The third-order valence-corrected chi connectivity index (χ3v) is 4.10. The minimum Gasteiger partial charge on any atom is -0.354 e. The molecule has 0 spiro atoms. The molecule has 1 saturated carbocycles. The van der Waals surface area contributed by atoms with Gasteiger partial charge >= 0.3 is 0 Å². The van der Waals surface area contributed by atoms with Crippen molar-refractivity contribution in [1.29, 1.82) is 0 Å². The molecule has 8 heteroatoms. The number of rotatable bonds is 6. The van der Waals surface area contributed by atoms with E-state index in [9.17, 15) is 14.4 Å². The topological polar surface area (TPSA) is 116 Å². The first-order valence-electron chi connectivity index (χ1n) is 8.20. The Balaban J connectivity index is 1.82. The molecule has 2 rings (SSSR count). The largest absolute Gasteiger partial charge is 0.354 e.